The van der Waals surface area contributed by atoms with E-state index in [-0.39, 0.29) is 11.6 Å². The fourth-order valence-electron chi connectivity index (χ4n) is 5.50. The molecule has 0 radical (unpaired) electrons. The van der Waals surface area contributed by atoms with Gasteiger partial charge in [0.25, 0.3) is 5.56 Å². The molecule has 6 rings (SSSR count). The fourth-order valence-corrected chi connectivity index (χ4v) is 5.50. The zero-order chi connectivity index (χ0) is 25.4. The van der Waals surface area contributed by atoms with Gasteiger partial charge < -0.3 is 10.6 Å². The van der Waals surface area contributed by atoms with Crippen molar-refractivity contribution in [3.05, 3.63) is 100 Å². The van der Waals surface area contributed by atoms with Gasteiger partial charge in [0.2, 0.25) is 5.95 Å². The highest BCUT2D eigenvalue weighted by atomic mass is 16.1. The quantitative estimate of drug-likeness (QED) is 0.387. The van der Waals surface area contributed by atoms with E-state index in [1.54, 1.807) is 4.57 Å². The molecule has 1 aliphatic heterocycles. The molecule has 0 spiro atoms. The highest BCUT2D eigenvalue weighted by Crippen LogP contribution is 2.27. The molecule has 1 aliphatic rings. The number of anilines is 1. The summed E-state index contributed by atoms with van der Waals surface area (Å²) in [4.78, 5) is 25.9. The van der Waals surface area contributed by atoms with E-state index in [0.717, 1.165) is 49.7 Å². The lowest BCUT2D eigenvalue weighted by molar-refractivity contribution is 0.495. The minimum Gasteiger partial charge on any atom is -0.341 e. The summed E-state index contributed by atoms with van der Waals surface area (Å²) in [6, 6.07) is 25.1. The zero-order valence-electron chi connectivity index (χ0n) is 21.2. The van der Waals surface area contributed by atoms with E-state index in [0.29, 0.717) is 24.1 Å². The van der Waals surface area contributed by atoms with Crippen LogP contribution in [0.3, 0.4) is 0 Å². The fraction of sp³-hybridized carbons (Fsp3) is 0.300. The van der Waals surface area contributed by atoms with Crippen LogP contribution >= 0.6 is 0 Å². The van der Waals surface area contributed by atoms with Crippen molar-refractivity contribution in [2.75, 3.05) is 18.0 Å². The van der Waals surface area contributed by atoms with Crippen LogP contribution in [0, 0.1) is 0 Å². The van der Waals surface area contributed by atoms with Crippen molar-refractivity contribution in [3.8, 4) is 0 Å². The topological polar surface area (TPSA) is 82.0 Å². The molecule has 2 N–H and O–H groups in total. The summed E-state index contributed by atoms with van der Waals surface area (Å²) in [6.07, 6.45) is 3.50. The zero-order valence-corrected chi connectivity index (χ0v) is 21.2. The van der Waals surface area contributed by atoms with E-state index < -0.39 is 0 Å². The molecule has 1 atom stereocenters. The third-order valence-electron chi connectivity index (χ3n) is 7.49. The van der Waals surface area contributed by atoms with Gasteiger partial charge >= 0.3 is 0 Å². The normalized spacial score (nSPS) is 16.1. The molecule has 37 heavy (non-hydrogen) atoms. The van der Waals surface area contributed by atoms with E-state index in [9.17, 15) is 4.79 Å². The SMILES string of the molecule is Cn1c(CCc2ccccc2)nc2nc(N3CCCC(N)C3)n(Cc3cccc4ccccc34)c2c1=O. The van der Waals surface area contributed by atoms with Crippen LogP contribution in [0.5, 0.6) is 0 Å². The van der Waals surface area contributed by atoms with Gasteiger partial charge in [-0.1, -0.05) is 72.8 Å². The Morgan fingerprint density at radius 2 is 1.73 bits per heavy atom. The lowest BCUT2D eigenvalue weighted by atomic mass is 10.0. The minimum absolute atomic E-state index is 0.0617. The Balaban J connectivity index is 1.47. The number of aromatic nitrogens is 4. The van der Waals surface area contributed by atoms with Crippen LogP contribution < -0.4 is 16.2 Å². The maximum absolute atomic E-state index is 13.8. The summed E-state index contributed by atoms with van der Waals surface area (Å²) in [6.45, 7) is 2.13. The van der Waals surface area contributed by atoms with Crippen LogP contribution in [-0.4, -0.2) is 38.2 Å². The second-order valence-electron chi connectivity index (χ2n) is 10.0. The van der Waals surface area contributed by atoms with Gasteiger partial charge in [-0.05, 0) is 41.2 Å². The van der Waals surface area contributed by atoms with Crippen LogP contribution in [-0.2, 0) is 26.4 Å². The average molecular weight is 493 g/mol. The lowest BCUT2D eigenvalue weighted by Crippen LogP contribution is -2.44. The van der Waals surface area contributed by atoms with Gasteiger partial charge in [0.1, 0.15) is 5.82 Å². The van der Waals surface area contributed by atoms with E-state index in [1.165, 1.54) is 16.3 Å². The molecule has 3 aromatic carbocycles. The summed E-state index contributed by atoms with van der Waals surface area (Å²) >= 11 is 0. The van der Waals surface area contributed by atoms with E-state index >= 15 is 0 Å². The van der Waals surface area contributed by atoms with Gasteiger partial charge in [0.15, 0.2) is 11.2 Å². The molecule has 1 fully saturated rings. The predicted octanol–water partition coefficient (Wildman–Crippen LogP) is 4.04. The van der Waals surface area contributed by atoms with Crippen molar-refractivity contribution >= 4 is 27.9 Å². The number of imidazole rings is 1. The van der Waals surface area contributed by atoms with E-state index in [1.807, 2.05) is 25.2 Å². The van der Waals surface area contributed by atoms with Crippen molar-refractivity contribution in [1.29, 1.82) is 0 Å². The first-order chi connectivity index (χ1) is 18.1. The Morgan fingerprint density at radius 1 is 0.946 bits per heavy atom. The molecule has 0 saturated carbocycles. The minimum atomic E-state index is -0.0617. The standard InChI is InChI=1S/C30H32N6O/c1-34-26(17-16-21-9-3-2-4-10-21)32-28-27(29(34)37)36(30(33-28)35-18-8-14-24(31)20-35)19-23-13-7-12-22-11-5-6-15-25(22)23/h2-7,9-13,15,24H,8,14,16-20,31H2,1H3. The first-order valence-corrected chi connectivity index (χ1v) is 13.1. The van der Waals surface area contributed by atoms with Crippen molar-refractivity contribution in [1.82, 2.24) is 19.1 Å². The Kier molecular flexibility index (Phi) is 6.22. The van der Waals surface area contributed by atoms with Gasteiger partial charge in [0, 0.05) is 32.6 Å². The molecule has 2 aromatic heterocycles. The van der Waals surface area contributed by atoms with Gasteiger partial charge in [-0.2, -0.15) is 4.98 Å². The van der Waals surface area contributed by atoms with Crippen LogP contribution in [0.15, 0.2) is 77.6 Å². The van der Waals surface area contributed by atoms with Crippen molar-refractivity contribution in [2.45, 2.75) is 38.3 Å². The molecule has 188 valence electrons. The molecule has 5 aromatic rings. The summed E-state index contributed by atoms with van der Waals surface area (Å²) in [7, 11) is 1.82. The lowest BCUT2D eigenvalue weighted by Gasteiger charge is -2.32. The van der Waals surface area contributed by atoms with Crippen LogP contribution in [0.4, 0.5) is 5.95 Å². The Hall–Kier alpha value is -3.97. The largest absolute Gasteiger partial charge is 0.341 e. The maximum atomic E-state index is 13.8. The maximum Gasteiger partial charge on any atom is 0.279 e. The summed E-state index contributed by atoms with van der Waals surface area (Å²) < 4.78 is 3.75. The third-order valence-corrected chi connectivity index (χ3v) is 7.49. The van der Waals surface area contributed by atoms with Gasteiger partial charge in [-0.15, -0.1) is 0 Å². The molecular weight excluding hydrogens is 460 g/mol. The van der Waals surface area contributed by atoms with E-state index in [2.05, 4.69) is 64.1 Å². The molecule has 0 amide bonds. The average Bonchev–Trinajstić information content (AvgIpc) is 3.29. The highest BCUT2D eigenvalue weighted by molar-refractivity contribution is 5.86. The number of nitrogens with two attached hydrogens (primary N) is 1. The second-order valence-corrected chi connectivity index (χ2v) is 10.0. The molecule has 0 bridgehead atoms. The first kappa shape index (κ1) is 23.4. The second kappa shape index (κ2) is 9.82. The molecule has 7 heteroatoms. The number of nitrogens with zero attached hydrogens (tertiary/aromatic N) is 5. The predicted molar refractivity (Wildman–Crippen MR) is 149 cm³/mol. The number of benzene rings is 3. The number of fused-ring (bicyclic) bond motifs is 2. The summed E-state index contributed by atoms with van der Waals surface area (Å²) in [5.74, 6) is 1.53. The first-order valence-electron chi connectivity index (χ1n) is 13.1. The molecule has 1 unspecified atom stereocenters. The molecular formula is C30H32N6O. The smallest absolute Gasteiger partial charge is 0.279 e. The van der Waals surface area contributed by atoms with Crippen LogP contribution in [0.2, 0.25) is 0 Å². The molecule has 7 nitrogen and oxygen atoms in total. The van der Waals surface area contributed by atoms with Gasteiger partial charge in [-0.25, -0.2) is 4.98 Å². The van der Waals surface area contributed by atoms with Crippen LogP contribution in [0.25, 0.3) is 21.9 Å². The summed E-state index contributed by atoms with van der Waals surface area (Å²) in [5.41, 5.74) is 9.72. The third kappa shape index (κ3) is 4.51. The number of piperidine rings is 1. The highest BCUT2D eigenvalue weighted by Gasteiger charge is 2.26. The Morgan fingerprint density at radius 3 is 2.57 bits per heavy atom. The van der Waals surface area contributed by atoms with Gasteiger partial charge in [-0.3, -0.25) is 13.9 Å². The number of hydrogen-bond donors (Lipinski definition) is 1. The molecule has 3 heterocycles. The van der Waals surface area contributed by atoms with E-state index in [4.69, 9.17) is 15.7 Å². The molecule has 1 saturated heterocycles. The Labute approximate surface area is 216 Å². The molecule has 0 aliphatic carbocycles. The number of aryl methyl sites for hydroxylation is 2. The monoisotopic (exact) mass is 492 g/mol. The number of rotatable bonds is 6. The number of hydrogen-bond acceptors (Lipinski definition) is 5. The van der Waals surface area contributed by atoms with Crippen molar-refractivity contribution in [2.24, 2.45) is 12.8 Å². The van der Waals surface area contributed by atoms with Gasteiger partial charge in [0.05, 0.1) is 6.54 Å². The van der Waals surface area contributed by atoms with Crippen molar-refractivity contribution in [3.63, 3.8) is 0 Å². The Bertz CT molecular complexity index is 1620. The van der Waals surface area contributed by atoms with Crippen LogP contribution in [0.1, 0.15) is 29.8 Å². The summed E-state index contributed by atoms with van der Waals surface area (Å²) in [5, 5.41) is 2.36. The van der Waals surface area contributed by atoms with Crippen molar-refractivity contribution < 1.29 is 0 Å².